The number of carbonyl (C=O) groups is 1. The molecule has 0 spiro atoms. The zero-order valence-corrected chi connectivity index (χ0v) is 14.7. The van der Waals surface area contributed by atoms with Crippen LogP contribution >= 0.6 is 15.9 Å². The number of benzene rings is 2. The van der Waals surface area contributed by atoms with Gasteiger partial charge in [-0.2, -0.15) is 0 Å². The van der Waals surface area contributed by atoms with Crippen LogP contribution in [0, 0.1) is 11.7 Å². The Kier molecular flexibility index (Phi) is 5.91. The second-order valence-corrected chi connectivity index (χ2v) is 6.62. The van der Waals surface area contributed by atoms with Crippen LogP contribution in [0.3, 0.4) is 0 Å². The third-order valence-electron chi connectivity index (χ3n) is 3.85. The molecule has 0 aliphatic rings. The van der Waals surface area contributed by atoms with Gasteiger partial charge in [0, 0.05) is 16.4 Å². The molecule has 3 unspecified atom stereocenters. The van der Waals surface area contributed by atoms with Crippen molar-refractivity contribution in [3.8, 4) is 0 Å². The van der Waals surface area contributed by atoms with Crippen molar-refractivity contribution in [1.82, 2.24) is 5.32 Å². The van der Waals surface area contributed by atoms with Crippen LogP contribution in [-0.2, 0) is 4.79 Å². The van der Waals surface area contributed by atoms with E-state index in [1.807, 2.05) is 24.3 Å². The number of nitrogens with two attached hydrogens (primary N) is 1. The lowest BCUT2D eigenvalue weighted by Crippen LogP contribution is -2.40. The lowest BCUT2D eigenvalue weighted by atomic mass is 9.96. The number of carbonyl (C=O) groups excluding carboxylic acids is 1. The molecule has 122 valence electrons. The third-order valence-corrected chi connectivity index (χ3v) is 4.35. The molecular weight excluding hydrogens is 359 g/mol. The van der Waals surface area contributed by atoms with Crippen molar-refractivity contribution < 1.29 is 9.18 Å². The number of nitrogens with one attached hydrogen (secondary N) is 1. The molecule has 0 saturated carbocycles. The molecule has 2 rings (SSSR count). The van der Waals surface area contributed by atoms with Crippen molar-refractivity contribution in [3.05, 3.63) is 69.9 Å². The van der Waals surface area contributed by atoms with E-state index in [0.29, 0.717) is 5.56 Å². The Balaban J connectivity index is 2.38. The number of rotatable bonds is 5. The molecule has 3 N–H and O–H groups in total. The Morgan fingerprint density at radius 2 is 1.74 bits per heavy atom. The highest BCUT2D eigenvalue weighted by atomic mass is 79.9. The minimum Gasteiger partial charge on any atom is -0.345 e. The maximum atomic E-state index is 13.6. The van der Waals surface area contributed by atoms with E-state index in [9.17, 15) is 9.18 Å². The molecule has 2 aromatic rings. The normalized spacial score (nSPS) is 14.8. The molecule has 0 aliphatic carbocycles. The van der Waals surface area contributed by atoms with Crippen LogP contribution in [0.2, 0.25) is 0 Å². The lowest BCUT2D eigenvalue weighted by Gasteiger charge is -2.23. The summed E-state index contributed by atoms with van der Waals surface area (Å²) >= 11 is 3.43. The van der Waals surface area contributed by atoms with Crippen LogP contribution in [0.4, 0.5) is 4.39 Å². The molecule has 0 aliphatic heterocycles. The molecule has 0 saturated heterocycles. The number of amides is 1. The summed E-state index contributed by atoms with van der Waals surface area (Å²) in [6.45, 7) is 3.57. The summed E-state index contributed by atoms with van der Waals surface area (Å²) < 4.78 is 14.5. The van der Waals surface area contributed by atoms with Gasteiger partial charge in [-0.25, -0.2) is 4.39 Å². The molecule has 1 amide bonds. The fraction of sp³-hybridized carbons (Fsp3) is 0.278. The van der Waals surface area contributed by atoms with Gasteiger partial charge < -0.3 is 11.1 Å². The average molecular weight is 379 g/mol. The van der Waals surface area contributed by atoms with Crippen LogP contribution in [0.1, 0.15) is 31.0 Å². The fourth-order valence-electron chi connectivity index (χ4n) is 2.24. The standard InChI is InChI=1S/C18H20BrFN2O/c1-11(12(2)21)18(23)22-17(13-5-3-7-15(19)9-13)14-6-4-8-16(20)10-14/h3-12,17H,21H2,1-2H3,(H,22,23). The molecule has 0 aromatic heterocycles. The van der Waals surface area contributed by atoms with Gasteiger partial charge in [0.15, 0.2) is 0 Å². The average Bonchev–Trinajstić information content (AvgIpc) is 2.51. The highest BCUT2D eigenvalue weighted by molar-refractivity contribution is 9.10. The van der Waals surface area contributed by atoms with E-state index in [1.165, 1.54) is 12.1 Å². The van der Waals surface area contributed by atoms with Gasteiger partial charge >= 0.3 is 0 Å². The van der Waals surface area contributed by atoms with Crippen molar-refractivity contribution in [2.45, 2.75) is 25.9 Å². The monoisotopic (exact) mass is 378 g/mol. The van der Waals surface area contributed by atoms with Gasteiger partial charge in [0.05, 0.1) is 6.04 Å². The lowest BCUT2D eigenvalue weighted by molar-refractivity contribution is -0.125. The van der Waals surface area contributed by atoms with Gasteiger partial charge in [-0.15, -0.1) is 0 Å². The molecule has 0 fully saturated rings. The zero-order valence-electron chi connectivity index (χ0n) is 13.1. The maximum absolute atomic E-state index is 13.6. The number of halogens is 2. The minimum atomic E-state index is -0.433. The minimum absolute atomic E-state index is 0.158. The van der Waals surface area contributed by atoms with E-state index in [-0.39, 0.29) is 23.7 Å². The molecule has 2 aromatic carbocycles. The first-order chi connectivity index (χ1) is 10.9. The summed E-state index contributed by atoms with van der Waals surface area (Å²) in [4.78, 5) is 12.4. The van der Waals surface area contributed by atoms with E-state index < -0.39 is 6.04 Å². The Hall–Kier alpha value is -1.72. The van der Waals surface area contributed by atoms with Crippen LogP contribution in [-0.4, -0.2) is 11.9 Å². The summed E-state index contributed by atoms with van der Waals surface area (Å²) in [6, 6.07) is 13.1. The van der Waals surface area contributed by atoms with Crippen LogP contribution < -0.4 is 11.1 Å². The van der Waals surface area contributed by atoms with Gasteiger partial charge in [0.25, 0.3) is 0 Å². The van der Waals surface area contributed by atoms with E-state index in [2.05, 4.69) is 21.2 Å². The number of hydrogen-bond donors (Lipinski definition) is 2. The summed E-state index contributed by atoms with van der Waals surface area (Å²) in [5.74, 6) is -0.829. The summed E-state index contributed by atoms with van der Waals surface area (Å²) in [7, 11) is 0. The van der Waals surface area contributed by atoms with Crippen molar-refractivity contribution >= 4 is 21.8 Å². The van der Waals surface area contributed by atoms with Gasteiger partial charge in [-0.05, 0) is 42.3 Å². The predicted molar refractivity (Wildman–Crippen MR) is 93.3 cm³/mol. The first-order valence-electron chi connectivity index (χ1n) is 7.45. The Bertz CT molecular complexity index is 645. The summed E-state index contributed by atoms with van der Waals surface area (Å²) in [5.41, 5.74) is 7.37. The topological polar surface area (TPSA) is 55.1 Å². The largest absolute Gasteiger partial charge is 0.345 e. The Morgan fingerprint density at radius 1 is 1.13 bits per heavy atom. The zero-order chi connectivity index (χ0) is 17.0. The van der Waals surface area contributed by atoms with E-state index in [1.54, 1.807) is 26.0 Å². The third kappa shape index (κ3) is 4.62. The van der Waals surface area contributed by atoms with Crippen molar-refractivity contribution in [3.63, 3.8) is 0 Å². The first kappa shape index (κ1) is 17.6. The van der Waals surface area contributed by atoms with Crippen molar-refractivity contribution in [2.24, 2.45) is 11.7 Å². The Morgan fingerprint density at radius 3 is 2.30 bits per heavy atom. The maximum Gasteiger partial charge on any atom is 0.225 e. The second kappa shape index (κ2) is 7.70. The molecule has 3 nitrogen and oxygen atoms in total. The molecule has 5 heteroatoms. The van der Waals surface area contributed by atoms with E-state index in [4.69, 9.17) is 5.73 Å². The molecule has 0 heterocycles. The molecule has 0 radical (unpaired) electrons. The van der Waals surface area contributed by atoms with Crippen LogP contribution in [0.15, 0.2) is 53.0 Å². The highest BCUT2D eigenvalue weighted by Gasteiger charge is 2.23. The molecular formula is C18H20BrFN2O. The molecule has 23 heavy (non-hydrogen) atoms. The first-order valence-corrected chi connectivity index (χ1v) is 8.24. The fourth-order valence-corrected chi connectivity index (χ4v) is 2.66. The van der Waals surface area contributed by atoms with Crippen molar-refractivity contribution in [2.75, 3.05) is 0 Å². The SMILES string of the molecule is CC(N)C(C)C(=O)NC(c1cccc(F)c1)c1cccc(Br)c1. The van der Waals surface area contributed by atoms with Gasteiger partial charge in [-0.3, -0.25) is 4.79 Å². The predicted octanol–water partition coefficient (Wildman–Crippen LogP) is 3.78. The van der Waals surface area contributed by atoms with E-state index in [0.717, 1.165) is 10.0 Å². The van der Waals surface area contributed by atoms with Crippen LogP contribution in [0.25, 0.3) is 0 Å². The van der Waals surface area contributed by atoms with Gasteiger partial charge in [-0.1, -0.05) is 47.1 Å². The van der Waals surface area contributed by atoms with Crippen LogP contribution in [0.5, 0.6) is 0 Å². The van der Waals surface area contributed by atoms with Gasteiger partial charge in [0.1, 0.15) is 5.82 Å². The summed E-state index contributed by atoms with van der Waals surface area (Å²) in [6.07, 6.45) is 0. The van der Waals surface area contributed by atoms with Gasteiger partial charge in [0.2, 0.25) is 5.91 Å². The molecule has 3 atom stereocenters. The summed E-state index contributed by atoms with van der Waals surface area (Å²) in [5, 5.41) is 2.98. The second-order valence-electron chi connectivity index (χ2n) is 5.70. The quantitative estimate of drug-likeness (QED) is 0.831. The van der Waals surface area contributed by atoms with E-state index >= 15 is 0 Å². The highest BCUT2D eigenvalue weighted by Crippen LogP contribution is 2.25. The molecule has 0 bridgehead atoms. The number of hydrogen-bond acceptors (Lipinski definition) is 2. The Labute approximate surface area is 144 Å². The smallest absolute Gasteiger partial charge is 0.225 e. The van der Waals surface area contributed by atoms with Crippen molar-refractivity contribution in [1.29, 1.82) is 0 Å².